The van der Waals surface area contributed by atoms with Gasteiger partial charge in [0.1, 0.15) is 6.07 Å². The minimum absolute atomic E-state index is 0.0974. The maximum Gasteiger partial charge on any atom is 0.331 e. The zero-order valence-corrected chi connectivity index (χ0v) is 16.6. The molecule has 0 aliphatic carbocycles. The molecule has 0 aromatic heterocycles. The van der Waals surface area contributed by atoms with Crippen LogP contribution in [-0.4, -0.2) is 32.2 Å². The standard InChI is InChI=1S/C20H17BrN2O5/c1-26-18-11-14(5-7-17(18)27-10-9-22)6-8-20(25)28-13-19(24)23-16-4-2-3-15(21)12-16/h2-8,11-12H,10,13H2,1H3,(H,23,24). The molecule has 0 unspecified atom stereocenters. The summed E-state index contributed by atoms with van der Waals surface area (Å²) in [5.41, 5.74) is 1.26. The first kappa shape index (κ1) is 21.0. The Morgan fingerprint density at radius 2 is 2.04 bits per heavy atom. The molecule has 2 aromatic rings. The first-order chi connectivity index (χ1) is 13.5. The minimum Gasteiger partial charge on any atom is -0.493 e. The Kier molecular flexibility index (Phi) is 8.06. The van der Waals surface area contributed by atoms with E-state index < -0.39 is 18.5 Å². The van der Waals surface area contributed by atoms with Crippen molar-refractivity contribution >= 4 is 39.6 Å². The molecular formula is C20H17BrN2O5. The Hall–Kier alpha value is -3.31. The zero-order valence-electron chi connectivity index (χ0n) is 15.0. The van der Waals surface area contributed by atoms with E-state index in [1.165, 1.54) is 19.3 Å². The number of ether oxygens (including phenoxy) is 3. The molecule has 0 bridgehead atoms. The van der Waals surface area contributed by atoms with Crippen LogP contribution in [0.15, 0.2) is 53.0 Å². The summed E-state index contributed by atoms with van der Waals surface area (Å²) in [6, 6.07) is 13.9. The largest absolute Gasteiger partial charge is 0.493 e. The molecule has 0 aliphatic heterocycles. The quantitative estimate of drug-likeness (QED) is 0.493. The molecule has 2 rings (SSSR count). The van der Waals surface area contributed by atoms with Crippen LogP contribution in [0, 0.1) is 11.3 Å². The number of methoxy groups -OCH3 is 1. The van der Waals surface area contributed by atoms with Gasteiger partial charge < -0.3 is 19.5 Å². The van der Waals surface area contributed by atoms with Crippen molar-refractivity contribution in [2.24, 2.45) is 0 Å². The highest BCUT2D eigenvalue weighted by Gasteiger charge is 2.07. The Morgan fingerprint density at radius 1 is 1.21 bits per heavy atom. The molecule has 0 heterocycles. The van der Waals surface area contributed by atoms with Gasteiger partial charge in [-0.15, -0.1) is 0 Å². The molecule has 0 atom stereocenters. The molecule has 1 amide bonds. The number of esters is 1. The van der Waals surface area contributed by atoms with Gasteiger partial charge in [-0.3, -0.25) is 4.79 Å². The Bertz CT molecular complexity index is 921. The van der Waals surface area contributed by atoms with E-state index in [9.17, 15) is 9.59 Å². The monoisotopic (exact) mass is 444 g/mol. The number of benzene rings is 2. The van der Waals surface area contributed by atoms with E-state index in [-0.39, 0.29) is 6.61 Å². The molecule has 0 spiro atoms. The summed E-state index contributed by atoms with van der Waals surface area (Å²) in [5, 5.41) is 11.2. The number of hydrogen-bond acceptors (Lipinski definition) is 6. The predicted molar refractivity (Wildman–Crippen MR) is 107 cm³/mol. The molecule has 0 saturated carbocycles. The summed E-state index contributed by atoms with van der Waals surface area (Å²) in [6.07, 6.45) is 2.72. The second-order valence-corrected chi connectivity index (χ2v) is 6.27. The van der Waals surface area contributed by atoms with E-state index in [2.05, 4.69) is 21.2 Å². The van der Waals surface area contributed by atoms with E-state index in [0.717, 1.165) is 4.47 Å². The molecule has 8 heteroatoms. The van der Waals surface area contributed by atoms with Crippen LogP contribution >= 0.6 is 15.9 Å². The van der Waals surface area contributed by atoms with Crippen molar-refractivity contribution in [2.75, 3.05) is 25.6 Å². The highest BCUT2D eigenvalue weighted by atomic mass is 79.9. The third-order valence-electron chi connectivity index (χ3n) is 3.35. The maximum atomic E-state index is 11.8. The molecule has 0 aliphatic rings. The van der Waals surface area contributed by atoms with E-state index in [1.54, 1.807) is 36.4 Å². The molecule has 0 fully saturated rings. The molecule has 0 saturated heterocycles. The second kappa shape index (κ2) is 10.7. The topological polar surface area (TPSA) is 97.7 Å². The molecular weight excluding hydrogens is 428 g/mol. The fourth-order valence-corrected chi connectivity index (χ4v) is 2.53. The van der Waals surface area contributed by atoms with Gasteiger partial charge in [0.25, 0.3) is 5.91 Å². The summed E-state index contributed by atoms with van der Waals surface area (Å²) in [6.45, 7) is -0.500. The van der Waals surface area contributed by atoms with Gasteiger partial charge in [-0.1, -0.05) is 28.1 Å². The second-order valence-electron chi connectivity index (χ2n) is 5.36. The zero-order chi connectivity index (χ0) is 20.4. The lowest BCUT2D eigenvalue weighted by molar-refractivity contribution is -0.142. The van der Waals surface area contributed by atoms with Crippen LogP contribution in [0.4, 0.5) is 5.69 Å². The van der Waals surface area contributed by atoms with Gasteiger partial charge in [0.2, 0.25) is 0 Å². The minimum atomic E-state index is -0.659. The highest BCUT2D eigenvalue weighted by molar-refractivity contribution is 9.10. The number of anilines is 1. The maximum absolute atomic E-state index is 11.8. The molecule has 2 aromatic carbocycles. The van der Waals surface area contributed by atoms with Crippen molar-refractivity contribution in [3.05, 3.63) is 58.6 Å². The Morgan fingerprint density at radius 3 is 2.75 bits per heavy atom. The molecule has 144 valence electrons. The van der Waals surface area contributed by atoms with Gasteiger partial charge in [0.15, 0.2) is 24.7 Å². The van der Waals surface area contributed by atoms with E-state index in [1.807, 2.05) is 12.1 Å². The Labute approximate surface area is 170 Å². The van der Waals surface area contributed by atoms with E-state index in [4.69, 9.17) is 19.5 Å². The molecule has 1 N–H and O–H groups in total. The molecule has 0 radical (unpaired) electrons. The van der Waals surface area contributed by atoms with E-state index in [0.29, 0.717) is 22.7 Å². The first-order valence-electron chi connectivity index (χ1n) is 8.10. The predicted octanol–water partition coefficient (Wildman–Crippen LogP) is 3.56. The molecule has 7 nitrogen and oxygen atoms in total. The third kappa shape index (κ3) is 6.78. The lowest BCUT2D eigenvalue weighted by Gasteiger charge is -2.08. The average molecular weight is 445 g/mol. The van der Waals surface area contributed by atoms with Gasteiger partial charge in [-0.2, -0.15) is 5.26 Å². The van der Waals surface area contributed by atoms with Crippen molar-refractivity contribution in [1.82, 2.24) is 0 Å². The van der Waals surface area contributed by atoms with Crippen LogP contribution in [0.3, 0.4) is 0 Å². The smallest absolute Gasteiger partial charge is 0.331 e. The van der Waals surface area contributed by atoms with Crippen LogP contribution in [0.5, 0.6) is 11.5 Å². The number of nitriles is 1. The van der Waals surface area contributed by atoms with Crippen molar-refractivity contribution in [1.29, 1.82) is 5.26 Å². The van der Waals surface area contributed by atoms with Crippen molar-refractivity contribution in [3.8, 4) is 17.6 Å². The number of nitrogens with one attached hydrogen (secondary N) is 1. The van der Waals surface area contributed by atoms with Gasteiger partial charge in [-0.25, -0.2) is 4.79 Å². The van der Waals surface area contributed by atoms with Crippen molar-refractivity contribution in [2.45, 2.75) is 0 Å². The normalized spacial score (nSPS) is 10.2. The fraction of sp³-hybridized carbons (Fsp3) is 0.150. The van der Waals surface area contributed by atoms with Crippen LogP contribution in [0.25, 0.3) is 6.08 Å². The number of nitrogens with zero attached hydrogens (tertiary/aromatic N) is 1. The number of rotatable bonds is 8. The summed E-state index contributed by atoms with van der Waals surface area (Å²) in [5.74, 6) is -0.249. The van der Waals surface area contributed by atoms with Gasteiger partial charge in [0, 0.05) is 16.2 Å². The van der Waals surface area contributed by atoms with Crippen LogP contribution < -0.4 is 14.8 Å². The van der Waals surface area contributed by atoms with Crippen molar-refractivity contribution in [3.63, 3.8) is 0 Å². The number of halogens is 1. The highest BCUT2D eigenvalue weighted by Crippen LogP contribution is 2.28. The number of carbonyl (C=O) groups is 2. The van der Waals surface area contributed by atoms with E-state index >= 15 is 0 Å². The summed E-state index contributed by atoms with van der Waals surface area (Å²) < 4.78 is 16.2. The first-order valence-corrected chi connectivity index (χ1v) is 8.89. The fourth-order valence-electron chi connectivity index (χ4n) is 2.13. The summed E-state index contributed by atoms with van der Waals surface area (Å²) in [4.78, 5) is 23.6. The third-order valence-corrected chi connectivity index (χ3v) is 3.84. The lowest BCUT2D eigenvalue weighted by Crippen LogP contribution is -2.20. The van der Waals surface area contributed by atoms with Gasteiger partial charge in [0.05, 0.1) is 7.11 Å². The Balaban J connectivity index is 1.87. The van der Waals surface area contributed by atoms with Crippen LogP contribution in [0.2, 0.25) is 0 Å². The van der Waals surface area contributed by atoms with Crippen molar-refractivity contribution < 1.29 is 23.8 Å². The van der Waals surface area contributed by atoms with Crippen LogP contribution in [0.1, 0.15) is 5.56 Å². The van der Waals surface area contributed by atoms with Crippen LogP contribution in [-0.2, 0) is 14.3 Å². The summed E-state index contributed by atoms with van der Waals surface area (Å²) in [7, 11) is 1.47. The lowest BCUT2D eigenvalue weighted by atomic mass is 10.2. The number of hydrogen-bond donors (Lipinski definition) is 1. The average Bonchev–Trinajstić information content (AvgIpc) is 2.69. The summed E-state index contributed by atoms with van der Waals surface area (Å²) >= 11 is 3.31. The van der Waals surface area contributed by atoms with Gasteiger partial charge >= 0.3 is 5.97 Å². The molecule has 28 heavy (non-hydrogen) atoms. The van der Waals surface area contributed by atoms with Gasteiger partial charge in [-0.05, 0) is 42.0 Å². The number of carbonyl (C=O) groups excluding carboxylic acids is 2. The SMILES string of the molecule is COc1cc(C=CC(=O)OCC(=O)Nc2cccc(Br)c2)ccc1OCC#N. The number of amides is 1.